The van der Waals surface area contributed by atoms with Crippen LogP contribution in [0.3, 0.4) is 0 Å². The van der Waals surface area contributed by atoms with Gasteiger partial charge in [-0.15, -0.1) is 12.4 Å². The van der Waals surface area contributed by atoms with Gasteiger partial charge in [0.2, 0.25) is 10.0 Å². The molecule has 1 atom stereocenters. The first-order chi connectivity index (χ1) is 9.36. The van der Waals surface area contributed by atoms with E-state index in [1.807, 2.05) is 0 Å². The second-order valence-corrected chi connectivity index (χ2v) is 7.88. The number of benzene rings is 1. The van der Waals surface area contributed by atoms with E-state index >= 15 is 0 Å². The molecule has 1 aliphatic heterocycles. The molecule has 1 aromatic carbocycles. The highest BCUT2D eigenvalue weighted by molar-refractivity contribution is 9.10. The molecule has 0 saturated carbocycles. The number of ether oxygens (including phenoxy) is 1. The zero-order chi connectivity index (χ0) is 14.9. The minimum absolute atomic E-state index is 0. The number of nitrogens with zero attached hydrogens (tertiary/aromatic N) is 1. The molecule has 1 aliphatic rings. The molecule has 1 aromatic rings. The average molecular weight is 420 g/mol. The number of nitrogens with two attached hydrogens (primary N) is 1. The summed E-state index contributed by atoms with van der Waals surface area (Å²) in [6, 6.07) is 2.87. The van der Waals surface area contributed by atoms with Crippen LogP contribution in [0.5, 0.6) is 5.75 Å². The topological polar surface area (TPSA) is 72.6 Å². The molecule has 0 unspecified atom stereocenters. The van der Waals surface area contributed by atoms with E-state index < -0.39 is 10.0 Å². The maximum atomic E-state index is 12.7. The minimum atomic E-state index is -3.67. The fraction of sp³-hybridized carbons (Fsp3) is 0.500. The van der Waals surface area contributed by atoms with Gasteiger partial charge in [0, 0.05) is 24.2 Å². The van der Waals surface area contributed by atoms with Crippen molar-refractivity contribution in [3.05, 3.63) is 21.6 Å². The van der Waals surface area contributed by atoms with E-state index in [4.69, 9.17) is 22.1 Å². The van der Waals surface area contributed by atoms with Crippen molar-refractivity contribution in [3.8, 4) is 5.75 Å². The summed E-state index contributed by atoms with van der Waals surface area (Å²) >= 11 is 9.23. The Morgan fingerprint density at radius 1 is 1.48 bits per heavy atom. The molecule has 0 amide bonds. The van der Waals surface area contributed by atoms with Crippen molar-refractivity contribution in [2.24, 2.45) is 5.73 Å². The second kappa shape index (κ2) is 7.48. The summed E-state index contributed by atoms with van der Waals surface area (Å²) in [5, 5.41) is 0.331. The zero-order valence-electron chi connectivity index (χ0n) is 11.4. The summed E-state index contributed by atoms with van der Waals surface area (Å²) in [7, 11) is -2.24. The molecule has 1 heterocycles. The Morgan fingerprint density at radius 2 is 2.14 bits per heavy atom. The predicted molar refractivity (Wildman–Crippen MR) is 88.9 cm³/mol. The quantitative estimate of drug-likeness (QED) is 0.817. The van der Waals surface area contributed by atoms with Gasteiger partial charge in [-0.2, -0.15) is 4.31 Å². The maximum absolute atomic E-state index is 12.7. The molecule has 0 radical (unpaired) electrons. The Balaban J connectivity index is 0.00000220. The summed E-state index contributed by atoms with van der Waals surface area (Å²) in [6.45, 7) is 0.777. The molecular formula is C12H17BrCl2N2O3S. The van der Waals surface area contributed by atoms with E-state index in [0.717, 1.165) is 12.8 Å². The van der Waals surface area contributed by atoms with Crippen LogP contribution < -0.4 is 10.5 Å². The lowest BCUT2D eigenvalue weighted by Gasteiger charge is -2.30. The number of methoxy groups -OCH3 is 1. The van der Waals surface area contributed by atoms with Gasteiger partial charge in [0.1, 0.15) is 4.90 Å². The third-order valence-electron chi connectivity index (χ3n) is 3.22. The van der Waals surface area contributed by atoms with Crippen LogP contribution in [0, 0.1) is 0 Å². The monoisotopic (exact) mass is 418 g/mol. The summed E-state index contributed by atoms with van der Waals surface area (Å²) in [4.78, 5) is 0.0634. The Morgan fingerprint density at radius 3 is 2.71 bits per heavy atom. The summed E-state index contributed by atoms with van der Waals surface area (Å²) < 4.78 is 32.5. The van der Waals surface area contributed by atoms with Crippen molar-refractivity contribution < 1.29 is 13.2 Å². The third-order valence-corrected chi connectivity index (χ3v) is 5.89. The zero-order valence-corrected chi connectivity index (χ0v) is 15.4. The molecule has 2 rings (SSSR count). The molecule has 9 heteroatoms. The fourth-order valence-electron chi connectivity index (χ4n) is 2.26. The SMILES string of the molecule is COc1c(Br)cc(Cl)cc1S(=O)(=O)N1CCC[C@@H](N)C1.Cl. The highest BCUT2D eigenvalue weighted by Gasteiger charge is 2.32. The number of hydrogen-bond acceptors (Lipinski definition) is 4. The van der Waals surface area contributed by atoms with Crippen molar-refractivity contribution in [1.82, 2.24) is 4.31 Å². The van der Waals surface area contributed by atoms with Gasteiger partial charge in [-0.3, -0.25) is 0 Å². The van der Waals surface area contributed by atoms with Crippen LogP contribution in [0.15, 0.2) is 21.5 Å². The van der Waals surface area contributed by atoms with Crippen molar-refractivity contribution in [1.29, 1.82) is 0 Å². The van der Waals surface area contributed by atoms with Crippen molar-refractivity contribution in [3.63, 3.8) is 0 Å². The lowest BCUT2D eigenvalue weighted by atomic mass is 10.1. The van der Waals surface area contributed by atoms with Crippen LogP contribution in [0.25, 0.3) is 0 Å². The Bertz CT molecular complexity index is 613. The van der Waals surface area contributed by atoms with E-state index in [-0.39, 0.29) is 29.1 Å². The number of hydrogen-bond donors (Lipinski definition) is 1. The fourth-order valence-corrected chi connectivity index (χ4v) is 5.16. The van der Waals surface area contributed by atoms with Crippen LogP contribution in [0.2, 0.25) is 5.02 Å². The van der Waals surface area contributed by atoms with E-state index in [1.165, 1.54) is 17.5 Å². The smallest absolute Gasteiger partial charge is 0.246 e. The lowest BCUT2D eigenvalue weighted by Crippen LogP contribution is -2.45. The molecular weight excluding hydrogens is 403 g/mol. The Hall–Kier alpha value is -0.0500. The van der Waals surface area contributed by atoms with Crippen molar-refractivity contribution in [2.45, 2.75) is 23.8 Å². The van der Waals surface area contributed by atoms with Crippen molar-refractivity contribution >= 4 is 50.0 Å². The summed E-state index contributed by atoms with van der Waals surface area (Å²) in [6.07, 6.45) is 1.59. The first-order valence-corrected chi connectivity index (χ1v) is 8.76. The van der Waals surface area contributed by atoms with Gasteiger partial charge in [0.15, 0.2) is 5.75 Å². The van der Waals surface area contributed by atoms with Crippen LogP contribution >= 0.6 is 39.9 Å². The minimum Gasteiger partial charge on any atom is -0.494 e. The molecule has 5 nitrogen and oxygen atoms in total. The number of halogens is 3. The van der Waals surface area contributed by atoms with Gasteiger partial charge in [-0.05, 0) is 40.9 Å². The van der Waals surface area contributed by atoms with Crippen LogP contribution in [-0.2, 0) is 10.0 Å². The number of rotatable bonds is 3. The Labute approximate surface area is 144 Å². The second-order valence-electron chi connectivity index (χ2n) is 4.68. The van der Waals surface area contributed by atoms with Crippen LogP contribution in [-0.4, -0.2) is 39.0 Å². The molecule has 0 spiro atoms. The van der Waals surface area contributed by atoms with Gasteiger partial charge >= 0.3 is 0 Å². The van der Waals surface area contributed by atoms with Gasteiger partial charge < -0.3 is 10.5 Å². The highest BCUT2D eigenvalue weighted by Crippen LogP contribution is 2.37. The first kappa shape index (κ1) is 19.0. The molecule has 21 heavy (non-hydrogen) atoms. The maximum Gasteiger partial charge on any atom is 0.246 e. The molecule has 0 aromatic heterocycles. The van der Waals surface area contributed by atoms with Gasteiger partial charge in [0.05, 0.1) is 11.6 Å². The highest BCUT2D eigenvalue weighted by atomic mass is 79.9. The molecule has 0 bridgehead atoms. The largest absolute Gasteiger partial charge is 0.494 e. The van der Waals surface area contributed by atoms with Crippen LogP contribution in [0.4, 0.5) is 0 Å². The van der Waals surface area contributed by atoms with Gasteiger partial charge in [0.25, 0.3) is 0 Å². The van der Waals surface area contributed by atoms with Gasteiger partial charge in [-0.25, -0.2) is 8.42 Å². The first-order valence-electron chi connectivity index (χ1n) is 6.15. The number of sulfonamides is 1. The molecule has 1 fully saturated rings. The van der Waals surface area contributed by atoms with E-state index in [0.29, 0.717) is 22.6 Å². The molecule has 1 saturated heterocycles. The van der Waals surface area contributed by atoms with Crippen LogP contribution in [0.1, 0.15) is 12.8 Å². The lowest BCUT2D eigenvalue weighted by molar-refractivity contribution is 0.314. The normalized spacial score (nSPS) is 19.9. The van der Waals surface area contributed by atoms with Gasteiger partial charge in [-0.1, -0.05) is 11.6 Å². The standard InChI is InChI=1S/C12H16BrClN2O3S.ClH/c1-19-12-10(13)5-8(14)6-11(12)20(17,18)16-4-2-3-9(15)7-16;/h5-6,9H,2-4,7,15H2,1H3;1H/t9-;/m1./s1. The van der Waals surface area contributed by atoms with Crippen molar-refractivity contribution in [2.75, 3.05) is 20.2 Å². The summed E-state index contributed by atoms with van der Waals surface area (Å²) in [5.41, 5.74) is 5.86. The third kappa shape index (κ3) is 4.03. The summed E-state index contributed by atoms with van der Waals surface area (Å²) in [5.74, 6) is 0.258. The average Bonchev–Trinajstić information content (AvgIpc) is 2.38. The van der Waals surface area contributed by atoms with E-state index in [2.05, 4.69) is 15.9 Å². The molecule has 120 valence electrons. The van der Waals surface area contributed by atoms with E-state index in [1.54, 1.807) is 6.07 Å². The molecule has 2 N–H and O–H groups in total. The predicted octanol–water partition coefficient (Wildman–Crippen LogP) is 2.64. The molecule has 0 aliphatic carbocycles. The van der Waals surface area contributed by atoms with E-state index in [9.17, 15) is 8.42 Å². The Kier molecular flexibility index (Phi) is 6.77. The number of piperidine rings is 1.